The number of hydrogen-bond acceptors (Lipinski definition) is 4. The Morgan fingerprint density at radius 1 is 1.50 bits per heavy atom. The molecule has 6 nitrogen and oxygen atoms in total. The van der Waals surface area contributed by atoms with Crippen molar-refractivity contribution >= 4 is 11.6 Å². The first-order valence-corrected chi connectivity index (χ1v) is 6.66. The summed E-state index contributed by atoms with van der Waals surface area (Å²) in [5.41, 5.74) is 7.50. The van der Waals surface area contributed by atoms with E-state index in [-0.39, 0.29) is 11.6 Å². The number of carbonyl (C=O) groups excluding carboxylic acids is 1. The van der Waals surface area contributed by atoms with Gasteiger partial charge >= 0.3 is 0 Å². The number of nitrogen functional groups attached to an aromatic ring is 1. The van der Waals surface area contributed by atoms with Gasteiger partial charge < -0.3 is 15.1 Å². The highest BCUT2D eigenvalue weighted by Gasteiger charge is 2.21. The molecule has 0 aliphatic heterocycles. The first kappa shape index (κ1) is 14.2. The second-order valence-electron chi connectivity index (χ2n) is 4.89. The monoisotopic (exact) mass is 276 g/mol. The predicted octanol–water partition coefficient (Wildman–Crippen LogP) is 2.12. The zero-order valence-electron chi connectivity index (χ0n) is 12.1. The van der Waals surface area contributed by atoms with Crippen LogP contribution in [0, 0.1) is 6.92 Å². The number of aryl methyl sites for hydroxylation is 2. The summed E-state index contributed by atoms with van der Waals surface area (Å²) in [6.45, 7) is 4.31. The fraction of sp³-hybridized carbons (Fsp3) is 0.429. The van der Waals surface area contributed by atoms with Gasteiger partial charge in [-0.05, 0) is 25.5 Å². The van der Waals surface area contributed by atoms with Crippen LogP contribution in [0.15, 0.2) is 16.5 Å². The molecule has 2 aromatic heterocycles. The summed E-state index contributed by atoms with van der Waals surface area (Å²) in [6, 6.07) is 3.73. The van der Waals surface area contributed by atoms with Crippen LogP contribution >= 0.6 is 0 Å². The third-order valence-corrected chi connectivity index (χ3v) is 3.12. The van der Waals surface area contributed by atoms with Gasteiger partial charge in [0, 0.05) is 7.05 Å². The maximum atomic E-state index is 12.3. The van der Waals surface area contributed by atoms with Crippen molar-refractivity contribution in [1.82, 2.24) is 15.1 Å². The van der Waals surface area contributed by atoms with Crippen LogP contribution < -0.4 is 5.73 Å². The van der Waals surface area contributed by atoms with Crippen LogP contribution in [-0.4, -0.2) is 28.1 Å². The van der Waals surface area contributed by atoms with E-state index in [9.17, 15) is 4.79 Å². The molecule has 0 fully saturated rings. The van der Waals surface area contributed by atoms with Gasteiger partial charge in [-0.15, -0.1) is 0 Å². The van der Waals surface area contributed by atoms with Crippen molar-refractivity contribution in [3.63, 3.8) is 0 Å². The average molecular weight is 276 g/mol. The topological polar surface area (TPSA) is 88.2 Å². The molecule has 0 saturated heterocycles. The van der Waals surface area contributed by atoms with Crippen molar-refractivity contribution in [1.29, 1.82) is 0 Å². The van der Waals surface area contributed by atoms with E-state index in [0.29, 0.717) is 12.2 Å². The molecule has 0 saturated carbocycles. The summed E-state index contributed by atoms with van der Waals surface area (Å²) in [4.78, 5) is 13.9. The van der Waals surface area contributed by atoms with Crippen LogP contribution in [0.4, 0.5) is 5.69 Å². The highest BCUT2D eigenvalue weighted by molar-refractivity contribution is 5.97. The largest absolute Gasteiger partial charge is 0.464 e. The number of amides is 1. The molecule has 0 aliphatic carbocycles. The maximum Gasteiger partial charge on any atom is 0.276 e. The fourth-order valence-corrected chi connectivity index (χ4v) is 2.05. The summed E-state index contributed by atoms with van der Waals surface area (Å²) < 4.78 is 5.46. The van der Waals surface area contributed by atoms with Gasteiger partial charge in [-0.1, -0.05) is 13.3 Å². The van der Waals surface area contributed by atoms with Gasteiger partial charge in [-0.3, -0.25) is 9.89 Å². The van der Waals surface area contributed by atoms with Crippen molar-refractivity contribution < 1.29 is 9.21 Å². The summed E-state index contributed by atoms with van der Waals surface area (Å²) in [6.07, 6.45) is 1.73. The molecule has 0 aromatic carbocycles. The Morgan fingerprint density at radius 3 is 2.85 bits per heavy atom. The van der Waals surface area contributed by atoms with E-state index < -0.39 is 0 Å². The predicted molar refractivity (Wildman–Crippen MR) is 76.2 cm³/mol. The zero-order valence-corrected chi connectivity index (χ0v) is 12.1. The molecule has 0 atom stereocenters. The van der Waals surface area contributed by atoms with E-state index in [2.05, 4.69) is 10.2 Å². The molecule has 0 radical (unpaired) electrons. The Labute approximate surface area is 117 Å². The second-order valence-corrected chi connectivity index (χ2v) is 4.89. The molecule has 0 aliphatic rings. The highest BCUT2D eigenvalue weighted by Crippen LogP contribution is 2.18. The number of nitrogens with zero attached hydrogens (tertiary/aromatic N) is 2. The van der Waals surface area contributed by atoms with Crippen LogP contribution in [0.1, 0.15) is 41.0 Å². The summed E-state index contributed by atoms with van der Waals surface area (Å²) in [7, 11) is 1.70. The second kappa shape index (κ2) is 5.81. The number of anilines is 1. The molecule has 0 spiro atoms. The summed E-state index contributed by atoms with van der Waals surface area (Å²) >= 11 is 0. The number of nitrogens with one attached hydrogen (secondary N) is 1. The number of H-pyrrole nitrogens is 1. The minimum absolute atomic E-state index is 0.213. The molecule has 6 heteroatoms. The van der Waals surface area contributed by atoms with Crippen molar-refractivity contribution in [2.75, 3.05) is 12.8 Å². The molecule has 2 rings (SSSR count). The van der Waals surface area contributed by atoms with E-state index in [1.54, 1.807) is 11.9 Å². The SMILES string of the molecule is CCCc1[nH]nc(C(=O)N(C)Cc2ccc(C)o2)c1N. The number of nitrogens with two attached hydrogens (primary N) is 1. The highest BCUT2D eigenvalue weighted by atomic mass is 16.3. The average Bonchev–Trinajstić information content (AvgIpc) is 2.97. The Bertz CT molecular complexity index is 600. The quantitative estimate of drug-likeness (QED) is 0.875. The lowest BCUT2D eigenvalue weighted by molar-refractivity contribution is 0.0770. The van der Waals surface area contributed by atoms with Crippen LogP contribution in [0.5, 0.6) is 0 Å². The van der Waals surface area contributed by atoms with Crippen LogP contribution in [-0.2, 0) is 13.0 Å². The van der Waals surface area contributed by atoms with Crippen molar-refractivity contribution in [3.8, 4) is 0 Å². The molecule has 2 aromatic rings. The number of hydrogen-bond donors (Lipinski definition) is 2. The molecule has 2 heterocycles. The van der Waals surface area contributed by atoms with Gasteiger partial charge in [-0.2, -0.15) is 5.10 Å². The Kier molecular flexibility index (Phi) is 4.12. The van der Waals surface area contributed by atoms with Gasteiger partial charge in [0.05, 0.1) is 17.9 Å². The van der Waals surface area contributed by atoms with E-state index in [1.807, 2.05) is 26.0 Å². The van der Waals surface area contributed by atoms with Crippen molar-refractivity contribution in [2.45, 2.75) is 33.2 Å². The van der Waals surface area contributed by atoms with Gasteiger partial charge in [0.15, 0.2) is 5.69 Å². The fourth-order valence-electron chi connectivity index (χ4n) is 2.05. The van der Waals surface area contributed by atoms with Gasteiger partial charge in [0.25, 0.3) is 5.91 Å². The minimum Gasteiger partial charge on any atom is -0.464 e. The molecule has 3 N–H and O–H groups in total. The Morgan fingerprint density at radius 2 is 2.25 bits per heavy atom. The number of furan rings is 1. The standard InChI is InChI=1S/C14H20N4O2/c1-4-5-11-12(15)13(17-16-11)14(19)18(3)8-10-7-6-9(2)20-10/h6-7H,4-5,8,15H2,1-3H3,(H,16,17). The van der Waals surface area contributed by atoms with Crippen molar-refractivity contribution in [3.05, 3.63) is 35.0 Å². The summed E-state index contributed by atoms with van der Waals surface area (Å²) in [5.74, 6) is 1.35. The smallest absolute Gasteiger partial charge is 0.276 e. The molecule has 0 bridgehead atoms. The first-order chi connectivity index (χ1) is 9.52. The number of rotatable bonds is 5. The number of carbonyl (C=O) groups is 1. The van der Waals surface area contributed by atoms with Gasteiger partial charge in [0.1, 0.15) is 11.5 Å². The van der Waals surface area contributed by atoms with E-state index >= 15 is 0 Å². The molecule has 0 unspecified atom stereocenters. The molecular formula is C14H20N4O2. The van der Waals surface area contributed by atoms with Crippen LogP contribution in [0.2, 0.25) is 0 Å². The third-order valence-electron chi connectivity index (χ3n) is 3.12. The maximum absolute atomic E-state index is 12.3. The van der Waals surface area contributed by atoms with Crippen LogP contribution in [0.25, 0.3) is 0 Å². The third kappa shape index (κ3) is 2.84. The number of aromatic amines is 1. The number of aromatic nitrogens is 2. The first-order valence-electron chi connectivity index (χ1n) is 6.66. The lowest BCUT2D eigenvalue weighted by Gasteiger charge is -2.14. The molecule has 108 valence electrons. The lowest BCUT2D eigenvalue weighted by Crippen LogP contribution is -2.27. The Hall–Kier alpha value is -2.24. The summed E-state index contributed by atoms with van der Waals surface area (Å²) in [5, 5.41) is 6.86. The Balaban J connectivity index is 2.10. The normalized spacial score (nSPS) is 10.8. The molecule has 20 heavy (non-hydrogen) atoms. The van der Waals surface area contributed by atoms with Crippen LogP contribution in [0.3, 0.4) is 0 Å². The van der Waals surface area contributed by atoms with Gasteiger partial charge in [-0.25, -0.2) is 0 Å². The van der Waals surface area contributed by atoms with Crippen molar-refractivity contribution in [2.24, 2.45) is 0 Å². The lowest BCUT2D eigenvalue weighted by atomic mass is 10.2. The van der Waals surface area contributed by atoms with Gasteiger partial charge in [0.2, 0.25) is 0 Å². The minimum atomic E-state index is -0.213. The van der Waals surface area contributed by atoms with E-state index in [0.717, 1.165) is 30.1 Å². The zero-order chi connectivity index (χ0) is 14.7. The molecular weight excluding hydrogens is 256 g/mol. The molecule has 1 amide bonds. The van der Waals surface area contributed by atoms with E-state index in [1.165, 1.54) is 0 Å². The van der Waals surface area contributed by atoms with E-state index in [4.69, 9.17) is 10.2 Å².